The van der Waals surface area contributed by atoms with Crippen molar-refractivity contribution in [3.63, 3.8) is 0 Å². The molecule has 2 aromatic rings. The minimum atomic E-state index is -0.672. The monoisotopic (exact) mass is 381 g/mol. The molecule has 1 spiro atoms. The number of likely N-dealkylation sites (tertiary alicyclic amines) is 1. The topological polar surface area (TPSA) is 71.5 Å². The van der Waals surface area contributed by atoms with Crippen LogP contribution in [0.15, 0.2) is 54.2 Å². The number of hydrogen-bond donors (Lipinski definition) is 1. The Morgan fingerprint density at radius 2 is 2.33 bits per heavy atom. The molecule has 1 N–H and O–H groups in total. The van der Waals surface area contributed by atoms with Crippen LogP contribution in [0.3, 0.4) is 0 Å². The van der Waals surface area contributed by atoms with Gasteiger partial charge in [0.05, 0.1) is 31.0 Å². The lowest BCUT2D eigenvalue weighted by Gasteiger charge is -2.23. The van der Waals surface area contributed by atoms with E-state index in [2.05, 4.69) is 10.3 Å². The summed E-state index contributed by atoms with van der Waals surface area (Å²) in [4.78, 5) is 33.0. The second-order valence-corrected chi connectivity index (χ2v) is 8.28. The van der Waals surface area contributed by atoms with Crippen LogP contribution >= 0.6 is 11.3 Å². The van der Waals surface area contributed by atoms with E-state index >= 15 is 0 Å². The number of hydrogen-bond acceptors (Lipinski definition) is 5. The number of carbonyl (C=O) groups is 2. The summed E-state index contributed by atoms with van der Waals surface area (Å²) in [5.41, 5.74) is 0.300. The van der Waals surface area contributed by atoms with Gasteiger partial charge in [0, 0.05) is 23.8 Å². The van der Waals surface area contributed by atoms with E-state index in [-0.39, 0.29) is 17.9 Å². The number of rotatable bonds is 5. The molecule has 2 saturated heterocycles. The highest BCUT2D eigenvalue weighted by atomic mass is 32.1. The Bertz CT molecular complexity index is 898. The Labute approximate surface area is 160 Å². The standard InChI is InChI=1S/C20H19N3O3S/c24-18(22-10-14-4-2-8-27-14)16-15-5-6-20(26-15)12-23(19(25)17(16)20)11-13-3-1-7-21-9-13/h1-9,15-17H,10-12H2,(H,22,24)/t15-,16?,17-,20?/m1/s1. The Hall–Kier alpha value is -2.51. The number of carbonyl (C=O) groups excluding carboxylic acids is 2. The summed E-state index contributed by atoms with van der Waals surface area (Å²) in [6, 6.07) is 7.75. The van der Waals surface area contributed by atoms with Crippen molar-refractivity contribution in [3.05, 3.63) is 64.6 Å². The highest BCUT2D eigenvalue weighted by Crippen LogP contribution is 2.52. The molecule has 6 nitrogen and oxygen atoms in total. The van der Waals surface area contributed by atoms with Crippen LogP contribution in [0.25, 0.3) is 0 Å². The molecule has 0 aliphatic carbocycles. The van der Waals surface area contributed by atoms with Gasteiger partial charge in [-0.3, -0.25) is 14.6 Å². The summed E-state index contributed by atoms with van der Waals surface area (Å²) in [6.45, 7) is 1.44. The second kappa shape index (κ2) is 6.28. The molecule has 5 rings (SSSR count). The SMILES string of the molecule is O=C(NCc1cccs1)C1[C@H]2C=CC3(CN(Cc4cccnc4)C(=O)[C@@H]13)O2. The van der Waals surface area contributed by atoms with Crippen molar-refractivity contribution in [2.24, 2.45) is 11.8 Å². The third kappa shape index (κ3) is 2.69. The van der Waals surface area contributed by atoms with Gasteiger partial charge >= 0.3 is 0 Å². The molecule has 2 fully saturated rings. The highest BCUT2D eigenvalue weighted by Gasteiger charge is 2.66. The van der Waals surface area contributed by atoms with Crippen molar-refractivity contribution in [2.75, 3.05) is 6.54 Å². The zero-order valence-corrected chi connectivity index (χ0v) is 15.4. The third-order valence-electron chi connectivity index (χ3n) is 5.59. The van der Waals surface area contributed by atoms with E-state index in [0.717, 1.165) is 10.4 Å². The maximum Gasteiger partial charge on any atom is 0.230 e. The molecule has 4 atom stereocenters. The van der Waals surface area contributed by atoms with Crippen molar-refractivity contribution in [1.82, 2.24) is 15.2 Å². The number of amides is 2. The van der Waals surface area contributed by atoms with Crippen molar-refractivity contribution in [3.8, 4) is 0 Å². The largest absolute Gasteiger partial charge is 0.360 e. The molecule has 2 aromatic heterocycles. The Morgan fingerprint density at radius 3 is 3.11 bits per heavy atom. The Kier molecular flexibility index (Phi) is 3.87. The summed E-state index contributed by atoms with van der Waals surface area (Å²) in [5, 5.41) is 4.97. The maximum absolute atomic E-state index is 13.1. The summed E-state index contributed by atoms with van der Waals surface area (Å²) in [6.07, 6.45) is 7.07. The fourth-order valence-corrected chi connectivity index (χ4v) is 5.07. The number of aromatic nitrogens is 1. The molecular formula is C20H19N3O3S. The van der Waals surface area contributed by atoms with E-state index in [1.54, 1.807) is 28.6 Å². The van der Waals surface area contributed by atoms with Gasteiger partial charge < -0.3 is 15.0 Å². The number of nitrogens with one attached hydrogen (secondary N) is 1. The van der Waals surface area contributed by atoms with Crippen LogP contribution in [0.2, 0.25) is 0 Å². The normalized spacial score (nSPS) is 30.7. The first-order chi connectivity index (χ1) is 13.2. The van der Waals surface area contributed by atoms with Crippen LogP contribution in [0.1, 0.15) is 10.4 Å². The molecule has 5 heterocycles. The lowest BCUT2D eigenvalue weighted by molar-refractivity contribution is -0.137. The smallest absolute Gasteiger partial charge is 0.230 e. The second-order valence-electron chi connectivity index (χ2n) is 7.25. The van der Waals surface area contributed by atoms with Gasteiger partial charge in [0.1, 0.15) is 5.60 Å². The number of pyridine rings is 1. The average Bonchev–Trinajstić information content (AvgIpc) is 3.44. The molecule has 3 aliphatic heterocycles. The predicted molar refractivity (Wildman–Crippen MR) is 99.5 cm³/mol. The molecule has 0 aromatic carbocycles. The Balaban J connectivity index is 1.34. The van der Waals surface area contributed by atoms with Crippen LogP contribution in [0.4, 0.5) is 0 Å². The van der Waals surface area contributed by atoms with E-state index in [0.29, 0.717) is 19.6 Å². The molecule has 0 radical (unpaired) electrons. The van der Waals surface area contributed by atoms with Gasteiger partial charge in [-0.15, -0.1) is 11.3 Å². The van der Waals surface area contributed by atoms with Gasteiger partial charge in [-0.25, -0.2) is 0 Å². The number of nitrogens with zero attached hydrogens (tertiary/aromatic N) is 2. The highest BCUT2D eigenvalue weighted by molar-refractivity contribution is 7.09. The maximum atomic E-state index is 13.1. The zero-order valence-electron chi connectivity index (χ0n) is 14.6. The molecular weight excluding hydrogens is 362 g/mol. The quantitative estimate of drug-likeness (QED) is 0.801. The summed E-state index contributed by atoms with van der Waals surface area (Å²) in [5.74, 6) is -1.04. The van der Waals surface area contributed by atoms with E-state index in [4.69, 9.17) is 4.74 Å². The van der Waals surface area contributed by atoms with Crippen molar-refractivity contribution in [2.45, 2.75) is 24.8 Å². The first-order valence-electron chi connectivity index (χ1n) is 9.01. The minimum Gasteiger partial charge on any atom is -0.360 e. The first-order valence-corrected chi connectivity index (χ1v) is 9.89. The molecule has 7 heteroatoms. The van der Waals surface area contributed by atoms with Crippen molar-refractivity contribution in [1.29, 1.82) is 0 Å². The fraction of sp³-hybridized carbons (Fsp3) is 0.350. The molecule has 3 aliphatic rings. The first kappa shape index (κ1) is 16.6. The van der Waals surface area contributed by atoms with E-state index in [9.17, 15) is 9.59 Å². The average molecular weight is 381 g/mol. The van der Waals surface area contributed by atoms with Crippen LogP contribution < -0.4 is 5.32 Å². The molecule has 2 unspecified atom stereocenters. The molecule has 138 valence electrons. The van der Waals surface area contributed by atoms with Crippen LogP contribution in [-0.2, 0) is 27.4 Å². The lowest BCUT2D eigenvalue weighted by atomic mass is 9.77. The van der Waals surface area contributed by atoms with Crippen molar-refractivity contribution >= 4 is 23.2 Å². The summed E-state index contributed by atoms with van der Waals surface area (Å²) >= 11 is 1.60. The molecule has 2 bridgehead atoms. The van der Waals surface area contributed by atoms with Gasteiger partial charge in [0.25, 0.3) is 0 Å². The fourth-order valence-electron chi connectivity index (χ4n) is 4.43. The molecule has 0 saturated carbocycles. The van der Waals surface area contributed by atoms with Crippen LogP contribution in [-0.4, -0.2) is 39.9 Å². The number of ether oxygens (including phenoxy) is 1. The van der Waals surface area contributed by atoms with Gasteiger partial charge in [0.2, 0.25) is 11.8 Å². The van der Waals surface area contributed by atoms with E-state index in [1.807, 2.05) is 41.8 Å². The van der Waals surface area contributed by atoms with Gasteiger partial charge in [0.15, 0.2) is 0 Å². The minimum absolute atomic E-state index is 0.0121. The van der Waals surface area contributed by atoms with Crippen molar-refractivity contribution < 1.29 is 14.3 Å². The van der Waals surface area contributed by atoms with Gasteiger partial charge in [-0.05, 0) is 23.1 Å². The van der Waals surface area contributed by atoms with Crippen LogP contribution in [0.5, 0.6) is 0 Å². The molecule has 2 amide bonds. The van der Waals surface area contributed by atoms with Gasteiger partial charge in [-0.2, -0.15) is 0 Å². The Morgan fingerprint density at radius 1 is 1.41 bits per heavy atom. The van der Waals surface area contributed by atoms with Crippen LogP contribution in [0, 0.1) is 11.8 Å². The summed E-state index contributed by atoms with van der Waals surface area (Å²) in [7, 11) is 0. The van der Waals surface area contributed by atoms with E-state index in [1.165, 1.54) is 0 Å². The number of fused-ring (bicyclic) bond motifs is 1. The van der Waals surface area contributed by atoms with Gasteiger partial charge in [-0.1, -0.05) is 24.3 Å². The lowest BCUT2D eigenvalue weighted by Crippen LogP contribution is -2.43. The zero-order chi connectivity index (χ0) is 18.4. The number of thiophene rings is 1. The van der Waals surface area contributed by atoms with E-state index < -0.39 is 17.4 Å². The summed E-state index contributed by atoms with van der Waals surface area (Å²) < 4.78 is 6.15. The predicted octanol–water partition coefficient (Wildman–Crippen LogP) is 1.74. The third-order valence-corrected chi connectivity index (χ3v) is 6.47. The molecule has 27 heavy (non-hydrogen) atoms.